The molecule has 0 saturated carbocycles. The summed E-state index contributed by atoms with van der Waals surface area (Å²) in [4.78, 5) is 39.1. The monoisotopic (exact) mass is 412 g/mol. The molecule has 2 aromatic heterocycles. The number of ether oxygens (including phenoxy) is 1. The quantitative estimate of drug-likeness (QED) is 0.516. The zero-order chi connectivity index (χ0) is 21.4. The van der Waals surface area contributed by atoms with Crippen molar-refractivity contribution in [2.75, 3.05) is 11.4 Å². The molecule has 0 spiro atoms. The molecule has 7 heteroatoms. The van der Waals surface area contributed by atoms with Crippen molar-refractivity contribution in [2.24, 2.45) is 0 Å². The minimum Gasteiger partial charge on any atom is -0.449 e. The van der Waals surface area contributed by atoms with Gasteiger partial charge in [0.15, 0.2) is 6.10 Å². The number of aromatic nitrogens is 3. The van der Waals surface area contributed by atoms with Crippen molar-refractivity contribution in [3.63, 3.8) is 0 Å². The van der Waals surface area contributed by atoms with Crippen LogP contribution in [0.3, 0.4) is 0 Å². The summed E-state index contributed by atoms with van der Waals surface area (Å²) in [5.74, 6) is -0.0996. The SMILES string of the molecule is CC(OC(=O)c1ccc2nc(-c3cccnc3)[nH]c2c1)C(=O)N1CCc2ccccc21. The molecule has 1 unspecified atom stereocenters. The van der Waals surface area contributed by atoms with E-state index in [4.69, 9.17) is 4.74 Å². The largest absolute Gasteiger partial charge is 0.449 e. The molecule has 0 radical (unpaired) electrons. The van der Waals surface area contributed by atoms with Gasteiger partial charge in [0.25, 0.3) is 5.91 Å². The van der Waals surface area contributed by atoms with Crippen LogP contribution in [0.4, 0.5) is 5.69 Å². The van der Waals surface area contributed by atoms with E-state index in [1.165, 1.54) is 0 Å². The van der Waals surface area contributed by atoms with Gasteiger partial charge in [-0.2, -0.15) is 0 Å². The number of nitrogens with zero attached hydrogens (tertiary/aromatic N) is 3. The maximum Gasteiger partial charge on any atom is 0.338 e. The van der Waals surface area contributed by atoms with Crippen LogP contribution in [-0.2, 0) is 16.0 Å². The van der Waals surface area contributed by atoms with Crippen LogP contribution in [0.5, 0.6) is 0 Å². The number of esters is 1. The summed E-state index contributed by atoms with van der Waals surface area (Å²) in [5, 5.41) is 0. The van der Waals surface area contributed by atoms with Crippen LogP contribution in [0.25, 0.3) is 22.4 Å². The molecule has 0 bridgehead atoms. The van der Waals surface area contributed by atoms with Gasteiger partial charge in [-0.1, -0.05) is 18.2 Å². The molecule has 1 aliphatic heterocycles. The summed E-state index contributed by atoms with van der Waals surface area (Å²) < 4.78 is 5.49. The Labute approximate surface area is 178 Å². The van der Waals surface area contributed by atoms with Crippen LogP contribution in [0.2, 0.25) is 0 Å². The third-order valence-electron chi connectivity index (χ3n) is 5.44. The maximum atomic E-state index is 12.9. The molecule has 0 fully saturated rings. The Balaban J connectivity index is 1.32. The fraction of sp³-hybridized carbons (Fsp3) is 0.167. The fourth-order valence-corrected chi connectivity index (χ4v) is 3.84. The first-order valence-electron chi connectivity index (χ1n) is 10.1. The molecule has 1 N–H and O–H groups in total. The lowest BCUT2D eigenvalue weighted by molar-refractivity contribution is -0.126. The Morgan fingerprint density at radius 3 is 2.84 bits per heavy atom. The first kappa shape index (κ1) is 19.0. The second kappa shape index (κ2) is 7.68. The van der Waals surface area contributed by atoms with Gasteiger partial charge in [-0.25, -0.2) is 9.78 Å². The van der Waals surface area contributed by atoms with Crippen molar-refractivity contribution in [3.8, 4) is 11.4 Å². The van der Waals surface area contributed by atoms with Crippen molar-refractivity contribution in [3.05, 3.63) is 78.1 Å². The van der Waals surface area contributed by atoms with E-state index in [-0.39, 0.29) is 5.91 Å². The molecule has 2 aromatic carbocycles. The van der Waals surface area contributed by atoms with E-state index in [1.807, 2.05) is 36.4 Å². The molecule has 1 aliphatic rings. The third-order valence-corrected chi connectivity index (χ3v) is 5.44. The van der Waals surface area contributed by atoms with Crippen LogP contribution >= 0.6 is 0 Å². The number of nitrogens with one attached hydrogen (secondary N) is 1. The van der Waals surface area contributed by atoms with Crippen LogP contribution in [0.1, 0.15) is 22.8 Å². The normalized spacial score (nSPS) is 13.8. The second-order valence-corrected chi connectivity index (χ2v) is 7.48. The average molecular weight is 412 g/mol. The molecular weight excluding hydrogens is 392 g/mol. The minimum absolute atomic E-state index is 0.222. The molecule has 1 atom stereocenters. The molecule has 154 valence electrons. The highest BCUT2D eigenvalue weighted by Gasteiger charge is 2.30. The Hall–Kier alpha value is -4.00. The van der Waals surface area contributed by atoms with Crippen molar-refractivity contribution >= 4 is 28.6 Å². The van der Waals surface area contributed by atoms with E-state index < -0.39 is 12.1 Å². The van der Waals surface area contributed by atoms with Gasteiger partial charge >= 0.3 is 5.97 Å². The third kappa shape index (κ3) is 3.54. The zero-order valence-electron chi connectivity index (χ0n) is 16.9. The zero-order valence-corrected chi connectivity index (χ0v) is 16.9. The van der Waals surface area contributed by atoms with Crippen LogP contribution in [0, 0.1) is 0 Å². The van der Waals surface area contributed by atoms with Gasteiger partial charge in [0.05, 0.1) is 16.6 Å². The number of anilines is 1. The number of amides is 1. The highest BCUT2D eigenvalue weighted by Crippen LogP contribution is 2.28. The first-order chi connectivity index (χ1) is 15.1. The Bertz CT molecular complexity index is 1280. The van der Waals surface area contributed by atoms with E-state index in [1.54, 1.807) is 42.4 Å². The molecule has 3 heterocycles. The number of hydrogen-bond acceptors (Lipinski definition) is 5. The highest BCUT2D eigenvalue weighted by atomic mass is 16.5. The molecule has 1 amide bonds. The van der Waals surface area contributed by atoms with Gasteiger partial charge in [-0.3, -0.25) is 9.78 Å². The van der Waals surface area contributed by atoms with Crippen LogP contribution in [-0.4, -0.2) is 39.5 Å². The fourth-order valence-electron chi connectivity index (χ4n) is 3.84. The number of benzene rings is 2. The molecule has 7 nitrogen and oxygen atoms in total. The number of fused-ring (bicyclic) bond motifs is 2. The van der Waals surface area contributed by atoms with Crippen molar-refractivity contribution in [1.82, 2.24) is 15.0 Å². The van der Waals surface area contributed by atoms with E-state index in [0.29, 0.717) is 23.4 Å². The van der Waals surface area contributed by atoms with E-state index in [0.717, 1.165) is 28.8 Å². The van der Waals surface area contributed by atoms with Gasteiger partial charge in [0.2, 0.25) is 0 Å². The molecule has 5 rings (SSSR count). The number of pyridine rings is 1. The summed E-state index contributed by atoms with van der Waals surface area (Å²) in [7, 11) is 0. The summed E-state index contributed by atoms with van der Waals surface area (Å²) in [5.41, 5.74) is 4.66. The second-order valence-electron chi connectivity index (χ2n) is 7.48. The summed E-state index contributed by atoms with van der Waals surface area (Å²) in [6.45, 7) is 2.20. The van der Waals surface area contributed by atoms with E-state index in [9.17, 15) is 9.59 Å². The first-order valence-corrected chi connectivity index (χ1v) is 10.1. The lowest BCUT2D eigenvalue weighted by Crippen LogP contribution is -2.39. The molecule has 31 heavy (non-hydrogen) atoms. The van der Waals surface area contributed by atoms with Gasteiger partial charge in [0.1, 0.15) is 5.82 Å². The number of H-pyrrole nitrogens is 1. The number of hydrogen-bond donors (Lipinski definition) is 1. The van der Waals surface area contributed by atoms with Gasteiger partial charge in [-0.05, 0) is 55.3 Å². The van der Waals surface area contributed by atoms with Crippen molar-refractivity contribution in [1.29, 1.82) is 0 Å². The Kier molecular flexibility index (Phi) is 4.71. The van der Waals surface area contributed by atoms with Gasteiger partial charge < -0.3 is 14.6 Å². The average Bonchev–Trinajstić information content (AvgIpc) is 3.43. The maximum absolute atomic E-state index is 12.9. The molecular formula is C24H20N4O3. The predicted molar refractivity (Wildman–Crippen MR) is 117 cm³/mol. The van der Waals surface area contributed by atoms with Crippen molar-refractivity contribution < 1.29 is 14.3 Å². The highest BCUT2D eigenvalue weighted by molar-refractivity contribution is 6.01. The summed E-state index contributed by atoms with van der Waals surface area (Å²) >= 11 is 0. The number of aromatic amines is 1. The number of para-hydroxylation sites is 1. The molecule has 0 aliphatic carbocycles. The summed E-state index contributed by atoms with van der Waals surface area (Å²) in [6.07, 6.45) is 3.33. The van der Waals surface area contributed by atoms with Gasteiger partial charge in [-0.15, -0.1) is 0 Å². The Morgan fingerprint density at radius 2 is 2.00 bits per heavy atom. The Morgan fingerprint density at radius 1 is 1.13 bits per heavy atom. The van der Waals surface area contributed by atoms with Crippen LogP contribution < -0.4 is 4.90 Å². The number of carbonyl (C=O) groups excluding carboxylic acids is 2. The minimum atomic E-state index is -0.887. The van der Waals surface area contributed by atoms with Gasteiger partial charge in [0, 0.05) is 30.2 Å². The number of imidazole rings is 1. The smallest absolute Gasteiger partial charge is 0.338 e. The standard InChI is InChI=1S/C24H20N4O3/c1-15(23(29)28-12-10-16-5-2-3-7-21(16)28)31-24(30)17-8-9-19-20(13-17)27-22(26-19)18-6-4-11-25-14-18/h2-9,11,13-15H,10,12H2,1H3,(H,26,27). The van der Waals surface area contributed by atoms with E-state index >= 15 is 0 Å². The topological polar surface area (TPSA) is 88.2 Å². The lowest BCUT2D eigenvalue weighted by Gasteiger charge is -2.21. The molecule has 4 aromatic rings. The summed E-state index contributed by atoms with van der Waals surface area (Å²) in [6, 6.07) is 16.6. The van der Waals surface area contributed by atoms with E-state index in [2.05, 4.69) is 15.0 Å². The predicted octanol–water partition coefficient (Wildman–Crippen LogP) is 3.76. The lowest BCUT2D eigenvalue weighted by atomic mass is 10.2. The van der Waals surface area contributed by atoms with Crippen LogP contribution in [0.15, 0.2) is 67.0 Å². The number of carbonyl (C=O) groups is 2. The molecule has 0 saturated heterocycles. The number of rotatable bonds is 4. The van der Waals surface area contributed by atoms with Crippen molar-refractivity contribution in [2.45, 2.75) is 19.4 Å².